The van der Waals surface area contributed by atoms with Gasteiger partial charge in [-0.2, -0.15) is 0 Å². The maximum atomic E-state index is 11.4. The monoisotopic (exact) mass is 1260 g/mol. The van der Waals surface area contributed by atoms with Crippen LogP contribution in [0.4, 0.5) is 26.7 Å². The normalized spacial score (nSPS) is 10.2. The number of primary amides is 5. The Hall–Kier alpha value is -9.46. The number of carbonyl (C=O) groups is 6. The van der Waals surface area contributed by atoms with E-state index in [-0.39, 0.29) is 43.9 Å². The van der Waals surface area contributed by atoms with E-state index in [0.717, 1.165) is 28.6 Å². The SMILES string of the molecule is CC(C)c1ccc(NCC(=O)N(C)C)cc1.CC(C)c1ccc(NCC(N)=O)cc1.CC(C)c1ccc(NCCNC(N)=O)cc1.CC(C)c1ccc(OCC(N)=O)cc1.CC(C)c1ccc(OCCC(N)=O)cc1.CC(C)c1ccc(OCCOC(N)=O)cc1. The minimum absolute atomic E-state index is 0.0684. The first kappa shape index (κ1) is 79.6. The Bertz CT molecular complexity index is 2860. The van der Waals surface area contributed by atoms with E-state index >= 15 is 0 Å². The minimum atomic E-state index is -0.779. The number of urea groups is 1. The van der Waals surface area contributed by atoms with E-state index in [9.17, 15) is 28.8 Å². The lowest BCUT2D eigenvalue weighted by atomic mass is 10.0. The number of hydrogen-bond acceptors (Lipinski definition) is 13. The molecule has 0 spiro atoms. The van der Waals surface area contributed by atoms with Crippen LogP contribution in [0, 0.1) is 0 Å². The molecule has 0 aliphatic heterocycles. The number of nitrogens with two attached hydrogens (primary N) is 5. The van der Waals surface area contributed by atoms with Crippen LogP contribution in [0.25, 0.3) is 0 Å². The lowest BCUT2D eigenvalue weighted by Gasteiger charge is -2.12. The molecule has 0 fully saturated rings. The molecule has 0 aromatic heterocycles. The van der Waals surface area contributed by atoms with Crippen molar-refractivity contribution in [1.82, 2.24) is 10.2 Å². The maximum Gasteiger partial charge on any atom is 0.404 e. The molecule has 20 nitrogen and oxygen atoms in total. The summed E-state index contributed by atoms with van der Waals surface area (Å²) in [6, 6.07) is 47.4. The molecule has 6 rings (SSSR count). The van der Waals surface area contributed by atoms with Gasteiger partial charge < -0.3 is 73.8 Å². The Morgan fingerprint density at radius 2 is 0.692 bits per heavy atom. The number of likely N-dealkylation sites (N-methyl/N-ethyl adjacent to an activating group) is 1. The molecule has 0 saturated carbocycles. The molecule has 0 aliphatic rings. The zero-order valence-electron chi connectivity index (χ0n) is 56.1. The highest BCUT2D eigenvalue weighted by Gasteiger charge is 2.07. The summed E-state index contributed by atoms with van der Waals surface area (Å²) in [5.74, 6) is 4.28. The summed E-state index contributed by atoms with van der Waals surface area (Å²) < 4.78 is 20.4. The van der Waals surface area contributed by atoms with Gasteiger partial charge in [-0.3, -0.25) is 19.2 Å². The molecule has 0 heterocycles. The number of nitrogens with zero attached hydrogens (tertiary/aromatic N) is 1. The average molecular weight is 1260 g/mol. The van der Waals surface area contributed by atoms with Crippen molar-refractivity contribution < 1.29 is 47.7 Å². The molecule has 0 bridgehead atoms. The van der Waals surface area contributed by atoms with E-state index < -0.39 is 18.0 Å². The smallest absolute Gasteiger partial charge is 0.404 e. The van der Waals surface area contributed by atoms with Gasteiger partial charge in [-0.05, 0) is 142 Å². The fourth-order valence-corrected chi connectivity index (χ4v) is 7.45. The summed E-state index contributed by atoms with van der Waals surface area (Å²) in [5, 5.41) is 11.8. The standard InChI is InChI=1S/C13H20N2O.C12H19N3O.C12H17NO3.C12H17NO2.C11H16N2O.C11H15NO2/c1-10(2)11-5-7-12(8-6-11)14-9-13(16)15(3)4;1-9(2)10-3-5-11(6-4-10)14-7-8-15-12(13)16;1-9(2)10-3-5-11(6-4-10)15-7-8-16-12(13)14;1-9(2)10-3-5-11(6-4-10)15-8-7-12(13)14;1-8(2)9-3-5-10(6-4-9)13-7-11(12)14;1-8(2)9-3-5-10(6-4-9)14-7-11(12)13/h5-8,10,14H,9H2,1-4H3;3-6,9,14H,7-8H2,1-2H3,(H3,13,15,16);3-6,9H,7-8H2,1-2H3,(H2,13,14);3-6,9H,7-8H2,1-2H3,(H2,13,14);3-6,8,13H,7H2,1-2H3,(H2,12,14);3-6,8H,7H2,1-2H3,(H2,12,13). The van der Waals surface area contributed by atoms with E-state index in [2.05, 4.69) is 133 Å². The molecule has 0 aliphatic carbocycles. The first-order chi connectivity index (χ1) is 43.0. The highest BCUT2D eigenvalue weighted by atomic mass is 16.6. The van der Waals surface area contributed by atoms with Gasteiger partial charge in [0.2, 0.25) is 17.7 Å². The molecule has 0 unspecified atom stereocenters. The van der Waals surface area contributed by atoms with Gasteiger partial charge in [0, 0.05) is 44.2 Å². The molecule has 0 saturated heterocycles. The maximum absolute atomic E-state index is 11.4. The van der Waals surface area contributed by atoms with Crippen LogP contribution >= 0.6 is 0 Å². The number of benzene rings is 6. The Morgan fingerprint density at radius 3 is 0.989 bits per heavy atom. The largest absolute Gasteiger partial charge is 0.493 e. The molecule has 14 N–H and O–H groups in total. The quantitative estimate of drug-likeness (QED) is 0.0217. The van der Waals surface area contributed by atoms with Gasteiger partial charge in [-0.1, -0.05) is 156 Å². The van der Waals surface area contributed by atoms with Gasteiger partial charge in [0.25, 0.3) is 5.91 Å². The highest BCUT2D eigenvalue weighted by Crippen LogP contribution is 2.23. The van der Waals surface area contributed by atoms with E-state index in [1.807, 2.05) is 121 Å². The molecule has 91 heavy (non-hydrogen) atoms. The molecule has 6 aromatic carbocycles. The fraction of sp³-hybridized carbons (Fsp3) is 0.408. The van der Waals surface area contributed by atoms with Crippen LogP contribution in [-0.4, -0.2) is 107 Å². The second-order valence-corrected chi connectivity index (χ2v) is 23.0. The lowest BCUT2D eigenvalue weighted by molar-refractivity contribution is -0.127. The van der Waals surface area contributed by atoms with Crippen molar-refractivity contribution in [3.05, 3.63) is 179 Å². The molecule has 7 amide bonds. The second-order valence-electron chi connectivity index (χ2n) is 23.0. The summed E-state index contributed by atoms with van der Waals surface area (Å²) >= 11 is 0. The lowest BCUT2D eigenvalue weighted by Crippen LogP contribution is -2.33. The van der Waals surface area contributed by atoms with Crippen molar-refractivity contribution in [3.8, 4) is 17.2 Å². The van der Waals surface area contributed by atoms with Crippen LogP contribution in [0.2, 0.25) is 0 Å². The van der Waals surface area contributed by atoms with Crippen LogP contribution in [0.3, 0.4) is 0 Å². The summed E-state index contributed by atoms with van der Waals surface area (Å²) in [6.45, 7) is 28.2. The van der Waals surface area contributed by atoms with Crippen molar-refractivity contribution in [3.63, 3.8) is 0 Å². The molecular formula is C71H104N10O10. The number of nitrogens with one attached hydrogen (secondary N) is 4. The molecule has 6 aromatic rings. The Kier molecular flexibility index (Phi) is 39.2. The summed E-state index contributed by atoms with van der Waals surface area (Å²) in [4.78, 5) is 65.0. The van der Waals surface area contributed by atoms with Gasteiger partial charge in [0.05, 0.1) is 26.1 Å². The van der Waals surface area contributed by atoms with Crippen molar-refractivity contribution in [2.45, 2.75) is 125 Å². The molecule has 0 radical (unpaired) electrons. The zero-order chi connectivity index (χ0) is 68.4. The van der Waals surface area contributed by atoms with Gasteiger partial charge in [0.15, 0.2) is 6.61 Å². The predicted molar refractivity (Wildman–Crippen MR) is 369 cm³/mol. The van der Waals surface area contributed by atoms with Crippen molar-refractivity contribution in [2.75, 3.05) is 82.7 Å². The number of rotatable bonds is 27. The third-order valence-corrected chi connectivity index (χ3v) is 13.1. The first-order valence-electron chi connectivity index (χ1n) is 30.7. The predicted octanol–water partition coefficient (Wildman–Crippen LogP) is 11.9. The summed E-state index contributed by atoms with van der Waals surface area (Å²) in [7, 11) is 3.51. The van der Waals surface area contributed by atoms with Gasteiger partial charge >= 0.3 is 12.1 Å². The van der Waals surface area contributed by atoms with Gasteiger partial charge in [0.1, 0.15) is 30.5 Å². The van der Waals surface area contributed by atoms with E-state index in [0.29, 0.717) is 74.1 Å². The average Bonchev–Trinajstić information content (AvgIpc) is 3.19. The van der Waals surface area contributed by atoms with Crippen LogP contribution in [0.5, 0.6) is 17.2 Å². The first-order valence-corrected chi connectivity index (χ1v) is 30.7. The number of anilines is 3. The third-order valence-electron chi connectivity index (χ3n) is 13.1. The van der Waals surface area contributed by atoms with Crippen LogP contribution in [-0.2, 0) is 23.9 Å². The van der Waals surface area contributed by atoms with Gasteiger partial charge in [-0.15, -0.1) is 0 Å². The number of ether oxygens (including phenoxy) is 4. The Balaban J connectivity index is 0.000000546. The number of amides is 7. The molecule has 498 valence electrons. The number of carbonyl (C=O) groups excluding carboxylic acids is 6. The summed E-state index contributed by atoms with van der Waals surface area (Å²) in [6.07, 6.45) is -0.523. The van der Waals surface area contributed by atoms with E-state index in [4.69, 9.17) is 42.9 Å². The second kappa shape index (κ2) is 44.9. The van der Waals surface area contributed by atoms with E-state index in [1.54, 1.807) is 19.0 Å². The van der Waals surface area contributed by atoms with E-state index in [1.165, 1.54) is 33.4 Å². The van der Waals surface area contributed by atoms with Crippen molar-refractivity contribution in [2.24, 2.45) is 28.7 Å². The molecular weight excluding hydrogens is 1150 g/mol. The summed E-state index contributed by atoms with van der Waals surface area (Å²) in [5.41, 5.74) is 35.4. The third kappa shape index (κ3) is 38.5. The Labute approximate surface area is 541 Å². The zero-order valence-corrected chi connectivity index (χ0v) is 56.1. The van der Waals surface area contributed by atoms with Crippen LogP contribution in [0.15, 0.2) is 146 Å². The molecule has 20 heteroatoms. The van der Waals surface area contributed by atoms with Crippen molar-refractivity contribution >= 4 is 52.8 Å². The van der Waals surface area contributed by atoms with Crippen LogP contribution in [0.1, 0.15) is 158 Å². The molecule has 0 atom stereocenters. The fourth-order valence-electron chi connectivity index (χ4n) is 7.45. The van der Waals surface area contributed by atoms with Crippen molar-refractivity contribution in [1.29, 1.82) is 0 Å². The highest BCUT2D eigenvalue weighted by molar-refractivity contribution is 5.80. The van der Waals surface area contributed by atoms with Crippen LogP contribution < -0.4 is 64.1 Å². The number of hydrogen-bond donors (Lipinski definition) is 9. The van der Waals surface area contributed by atoms with Gasteiger partial charge in [-0.25, -0.2) is 9.59 Å². The Morgan fingerprint density at radius 1 is 0.374 bits per heavy atom. The topological polar surface area (TPSA) is 321 Å². The minimum Gasteiger partial charge on any atom is -0.493 e.